The SMILES string of the molecule is O=C(Nc1ccncc1)C1CC12CCCCC2. The van der Waals surface area contributed by atoms with Crippen molar-refractivity contribution in [3.63, 3.8) is 0 Å². The van der Waals surface area contributed by atoms with Crippen LogP contribution in [0.3, 0.4) is 0 Å². The summed E-state index contributed by atoms with van der Waals surface area (Å²) in [5, 5.41) is 3.00. The number of carbonyl (C=O) groups excluding carboxylic acids is 1. The van der Waals surface area contributed by atoms with Gasteiger partial charge in [-0.1, -0.05) is 19.3 Å². The first kappa shape index (κ1) is 10.8. The zero-order valence-electron chi connectivity index (χ0n) is 9.98. The van der Waals surface area contributed by atoms with Crippen LogP contribution in [0.4, 0.5) is 5.69 Å². The number of rotatable bonds is 2. The van der Waals surface area contributed by atoms with Gasteiger partial charge in [0.2, 0.25) is 5.91 Å². The second-order valence-corrected chi connectivity index (χ2v) is 5.40. The fourth-order valence-electron chi connectivity index (χ4n) is 3.19. The maximum absolute atomic E-state index is 12.1. The van der Waals surface area contributed by atoms with E-state index in [0.29, 0.717) is 5.41 Å². The monoisotopic (exact) mass is 230 g/mol. The average molecular weight is 230 g/mol. The molecule has 2 aliphatic rings. The van der Waals surface area contributed by atoms with Crippen molar-refractivity contribution >= 4 is 11.6 Å². The number of hydrogen-bond donors (Lipinski definition) is 1. The third-order valence-electron chi connectivity index (χ3n) is 4.30. The van der Waals surface area contributed by atoms with Crippen LogP contribution in [0.25, 0.3) is 0 Å². The Morgan fingerprint density at radius 2 is 1.94 bits per heavy atom. The molecule has 0 aromatic carbocycles. The molecule has 1 spiro atoms. The van der Waals surface area contributed by atoms with Gasteiger partial charge < -0.3 is 5.32 Å². The first-order valence-corrected chi connectivity index (χ1v) is 6.51. The van der Waals surface area contributed by atoms with Crippen LogP contribution in [-0.2, 0) is 4.79 Å². The van der Waals surface area contributed by atoms with Crippen LogP contribution in [0.1, 0.15) is 38.5 Å². The van der Waals surface area contributed by atoms with Gasteiger partial charge in [-0.15, -0.1) is 0 Å². The van der Waals surface area contributed by atoms with Gasteiger partial charge in [-0.3, -0.25) is 9.78 Å². The maximum atomic E-state index is 12.1. The Bertz CT molecular complexity index is 409. The molecule has 0 bridgehead atoms. The van der Waals surface area contributed by atoms with E-state index >= 15 is 0 Å². The zero-order valence-corrected chi connectivity index (χ0v) is 9.98. The molecular formula is C14H18N2O. The number of amides is 1. The number of hydrogen-bond acceptors (Lipinski definition) is 2. The van der Waals surface area contributed by atoms with E-state index in [1.807, 2.05) is 12.1 Å². The zero-order chi connectivity index (χ0) is 11.7. The van der Waals surface area contributed by atoms with Crippen molar-refractivity contribution in [3.05, 3.63) is 24.5 Å². The predicted molar refractivity (Wildman–Crippen MR) is 66.5 cm³/mol. The molecule has 1 aromatic heterocycles. The topological polar surface area (TPSA) is 42.0 Å². The van der Waals surface area contributed by atoms with Crippen molar-refractivity contribution in [3.8, 4) is 0 Å². The molecule has 3 heteroatoms. The number of nitrogens with one attached hydrogen (secondary N) is 1. The van der Waals surface area contributed by atoms with E-state index in [4.69, 9.17) is 0 Å². The highest BCUT2D eigenvalue weighted by molar-refractivity contribution is 5.95. The lowest BCUT2D eigenvalue weighted by Crippen LogP contribution is -2.20. The predicted octanol–water partition coefficient (Wildman–Crippen LogP) is 2.99. The third kappa shape index (κ3) is 2.06. The molecule has 1 atom stereocenters. The highest BCUT2D eigenvalue weighted by atomic mass is 16.2. The summed E-state index contributed by atoms with van der Waals surface area (Å²) in [7, 11) is 0. The third-order valence-corrected chi connectivity index (χ3v) is 4.30. The van der Waals surface area contributed by atoms with E-state index < -0.39 is 0 Å². The van der Waals surface area contributed by atoms with Crippen LogP contribution in [0.5, 0.6) is 0 Å². The van der Waals surface area contributed by atoms with Gasteiger partial charge in [0, 0.05) is 24.0 Å². The molecule has 90 valence electrons. The van der Waals surface area contributed by atoms with Gasteiger partial charge in [0.15, 0.2) is 0 Å². The van der Waals surface area contributed by atoms with E-state index in [1.165, 1.54) is 32.1 Å². The van der Waals surface area contributed by atoms with Crippen LogP contribution < -0.4 is 5.32 Å². The first-order chi connectivity index (χ1) is 8.30. The highest BCUT2D eigenvalue weighted by Crippen LogP contribution is 2.61. The Balaban J connectivity index is 1.61. The molecule has 2 fully saturated rings. The number of anilines is 1. The van der Waals surface area contributed by atoms with Crippen molar-refractivity contribution in [2.24, 2.45) is 11.3 Å². The minimum absolute atomic E-state index is 0.207. The van der Waals surface area contributed by atoms with Gasteiger partial charge in [-0.25, -0.2) is 0 Å². The lowest BCUT2D eigenvalue weighted by molar-refractivity contribution is -0.118. The summed E-state index contributed by atoms with van der Waals surface area (Å²) in [5.41, 5.74) is 1.23. The Kier molecular flexibility index (Phi) is 2.61. The Hall–Kier alpha value is -1.38. The summed E-state index contributed by atoms with van der Waals surface area (Å²) in [6.45, 7) is 0. The molecular weight excluding hydrogens is 212 g/mol. The van der Waals surface area contributed by atoms with Crippen LogP contribution >= 0.6 is 0 Å². The van der Waals surface area contributed by atoms with Gasteiger partial charge in [0.25, 0.3) is 0 Å². The smallest absolute Gasteiger partial charge is 0.228 e. The summed E-state index contributed by atoms with van der Waals surface area (Å²) >= 11 is 0. The van der Waals surface area contributed by atoms with E-state index in [0.717, 1.165) is 12.1 Å². The largest absolute Gasteiger partial charge is 0.326 e. The molecule has 2 saturated carbocycles. The van der Waals surface area contributed by atoms with Crippen molar-refractivity contribution in [1.29, 1.82) is 0 Å². The minimum Gasteiger partial charge on any atom is -0.326 e. The molecule has 0 saturated heterocycles. The molecule has 0 aliphatic heterocycles. The lowest BCUT2D eigenvalue weighted by Gasteiger charge is -2.22. The van der Waals surface area contributed by atoms with Crippen molar-refractivity contribution in [2.75, 3.05) is 5.32 Å². The van der Waals surface area contributed by atoms with Gasteiger partial charge in [0.05, 0.1) is 0 Å². The van der Waals surface area contributed by atoms with Gasteiger partial charge >= 0.3 is 0 Å². The van der Waals surface area contributed by atoms with Crippen molar-refractivity contribution in [1.82, 2.24) is 4.98 Å². The maximum Gasteiger partial charge on any atom is 0.228 e. The number of nitrogens with zero attached hydrogens (tertiary/aromatic N) is 1. The molecule has 1 amide bonds. The van der Waals surface area contributed by atoms with Crippen molar-refractivity contribution < 1.29 is 4.79 Å². The van der Waals surface area contributed by atoms with Crippen LogP contribution in [-0.4, -0.2) is 10.9 Å². The molecule has 1 aromatic rings. The summed E-state index contributed by atoms with van der Waals surface area (Å²) in [6, 6.07) is 3.68. The van der Waals surface area contributed by atoms with E-state index in [9.17, 15) is 4.79 Å². The highest BCUT2D eigenvalue weighted by Gasteiger charge is 2.57. The second-order valence-electron chi connectivity index (χ2n) is 5.40. The molecule has 17 heavy (non-hydrogen) atoms. The van der Waals surface area contributed by atoms with E-state index in [2.05, 4.69) is 10.3 Å². The average Bonchev–Trinajstić information content (AvgIpc) is 3.05. The van der Waals surface area contributed by atoms with Crippen LogP contribution in [0.15, 0.2) is 24.5 Å². The van der Waals surface area contributed by atoms with Crippen molar-refractivity contribution in [2.45, 2.75) is 38.5 Å². The Morgan fingerprint density at radius 1 is 1.24 bits per heavy atom. The normalized spacial score (nSPS) is 25.5. The second kappa shape index (κ2) is 4.13. The molecule has 1 unspecified atom stereocenters. The number of pyridine rings is 1. The number of carbonyl (C=O) groups is 1. The fourth-order valence-corrected chi connectivity index (χ4v) is 3.19. The molecule has 2 aliphatic carbocycles. The van der Waals surface area contributed by atoms with Gasteiger partial charge in [0.1, 0.15) is 0 Å². The Morgan fingerprint density at radius 3 is 2.65 bits per heavy atom. The van der Waals surface area contributed by atoms with Crippen LogP contribution in [0.2, 0.25) is 0 Å². The van der Waals surface area contributed by atoms with Gasteiger partial charge in [-0.2, -0.15) is 0 Å². The molecule has 1 N–H and O–H groups in total. The molecule has 1 heterocycles. The van der Waals surface area contributed by atoms with Crippen LogP contribution in [0, 0.1) is 11.3 Å². The summed E-state index contributed by atoms with van der Waals surface area (Å²) < 4.78 is 0. The molecule has 0 radical (unpaired) electrons. The standard InChI is InChI=1S/C14H18N2O/c17-13(16-11-4-8-15-9-5-11)12-10-14(12)6-2-1-3-7-14/h4-5,8-9,12H,1-3,6-7,10H2,(H,15,16,17). The summed E-state index contributed by atoms with van der Waals surface area (Å²) in [4.78, 5) is 16.1. The minimum atomic E-state index is 0.207. The number of aromatic nitrogens is 1. The lowest BCUT2D eigenvalue weighted by atomic mass is 9.84. The van der Waals surface area contributed by atoms with Gasteiger partial charge in [-0.05, 0) is 36.8 Å². The molecule has 3 rings (SSSR count). The van der Waals surface area contributed by atoms with E-state index in [-0.39, 0.29) is 11.8 Å². The first-order valence-electron chi connectivity index (χ1n) is 6.51. The summed E-state index contributed by atoms with van der Waals surface area (Å²) in [6.07, 6.45) is 11.0. The van der Waals surface area contributed by atoms with E-state index in [1.54, 1.807) is 12.4 Å². The summed E-state index contributed by atoms with van der Waals surface area (Å²) in [5.74, 6) is 0.467. The Labute approximate surface area is 102 Å². The quantitative estimate of drug-likeness (QED) is 0.848. The molecule has 3 nitrogen and oxygen atoms in total. The fraction of sp³-hybridized carbons (Fsp3) is 0.571.